The summed E-state index contributed by atoms with van der Waals surface area (Å²) in [5.41, 5.74) is 3.25. The normalized spacial score (nSPS) is 25.4. The van der Waals surface area contributed by atoms with E-state index in [1.54, 1.807) is 0 Å². The van der Waals surface area contributed by atoms with Crippen molar-refractivity contribution in [1.82, 2.24) is 9.88 Å². The van der Waals surface area contributed by atoms with Crippen molar-refractivity contribution in [2.24, 2.45) is 11.3 Å². The molecule has 25 heavy (non-hydrogen) atoms. The summed E-state index contributed by atoms with van der Waals surface area (Å²) in [7, 11) is 0. The number of hydrogen-bond donors (Lipinski definition) is 2. The summed E-state index contributed by atoms with van der Waals surface area (Å²) in [6.45, 7) is 3.44. The van der Waals surface area contributed by atoms with Crippen LogP contribution in [0.3, 0.4) is 0 Å². The number of fused-ring (bicyclic) bond motifs is 4. The van der Waals surface area contributed by atoms with E-state index in [1.807, 2.05) is 22.9 Å². The second-order valence-electron chi connectivity index (χ2n) is 8.10. The molecule has 0 spiro atoms. The lowest BCUT2D eigenvalue weighted by Gasteiger charge is -2.46. The van der Waals surface area contributed by atoms with Crippen molar-refractivity contribution in [2.45, 2.75) is 52.0 Å². The Hall–Kier alpha value is -1.81. The number of aromatic nitrogens is 1. The maximum atomic E-state index is 12.9. The second kappa shape index (κ2) is 6.49. The predicted molar refractivity (Wildman–Crippen MR) is 99.7 cm³/mol. The fraction of sp³-hybridized carbons (Fsp3) is 0.571. The van der Waals surface area contributed by atoms with Crippen LogP contribution in [0.1, 0.15) is 54.4 Å². The van der Waals surface area contributed by atoms with Gasteiger partial charge in [0.05, 0.1) is 17.7 Å². The molecule has 3 fully saturated rings. The monoisotopic (exact) mass is 340 g/mol. The van der Waals surface area contributed by atoms with E-state index in [-0.39, 0.29) is 12.5 Å². The van der Waals surface area contributed by atoms with Gasteiger partial charge in [0.2, 0.25) is 0 Å². The number of carbonyl (C=O) groups is 1. The van der Waals surface area contributed by atoms with Crippen molar-refractivity contribution < 1.29 is 9.90 Å². The standard InChI is InChI=1S/C21H28N2O2/c1-15-3-2-4-17-18(13-23(11-12-24)19(15)17)20(25)22-14-21-8-5-16(6-9-21)7-10-21/h2-4,13,16,24H,5-12,14H2,1H3,(H,22,25). The first-order valence-electron chi connectivity index (χ1n) is 9.59. The summed E-state index contributed by atoms with van der Waals surface area (Å²) in [5.74, 6) is 0.964. The van der Waals surface area contributed by atoms with E-state index in [1.165, 1.54) is 38.5 Å². The Balaban J connectivity index is 1.57. The third kappa shape index (κ3) is 2.97. The maximum absolute atomic E-state index is 12.9. The Kier molecular flexibility index (Phi) is 4.32. The van der Waals surface area contributed by atoms with Crippen molar-refractivity contribution in [3.63, 3.8) is 0 Å². The fourth-order valence-electron chi connectivity index (χ4n) is 4.98. The zero-order valence-corrected chi connectivity index (χ0v) is 15.1. The summed E-state index contributed by atoms with van der Waals surface area (Å²) in [6.07, 6.45) is 9.72. The van der Waals surface area contributed by atoms with E-state index in [0.29, 0.717) is 12.0 Å². The molecule has 3 aliphatic rings. The van der Waals surface area contributed by atoms with Crippen LogP contribution in [0, 0.1) is 18.3 Å². The molecule has 0 unspecified atom stereocenters. The third-order valence-electron chi connectivity index (χ3n) is 6.56. The van der Waals surface area contributed by atoms with Gasteiger partial charge in [0.15, 0.2) is 0 Å². The lowest BCUT2D eigenvalue weighted by molar-refractivity contribution is 0.0598. The largest absolute Gasteiger partial charge is 0.395 e. The third-order valence-corrected chi connectivity index (χ3v) is 6.56. The number of nitrogens with one attached hydrogen (secondary N) is 1. The SMILES string of the molecule is Cc1cccc2c(C(=O)NCC34CCC(CC3)CC4)cn(CCO)c12. The number of carbonyl (C=O) groups excluding carboxylic acids is 1. The van der Waals surface area contributed by atoms with Gasteiger partial charge >= 0.3 is 0 Å². The molecule has 1 aromatic heterocycles. The van der Waals surface area contributed by atoms with Crippen molar-refractivity contribution >= 4 is 16.8 Å². The van der Waals surface area contributed by atoms with Gasteiger partial charge in [0, 0.05) is 24.7 Å². The Bertz CT molecular complexity index is 771. The van der Waals surface area contributed by atoms with E-state index in [9.17, 15) is 9.90 Å². The molecule has 1 heterocycles. The highest BCUT2D eigenvalue weighted by molar-refractivity contribution is 6.07. The number of benzene rings is 1. The maximum Gasteiger partial charge on any atom is 0.253 e. The van der Waals surface area contributed by atoms with Crippen molar-refractivity contribution in [1.29, 1.82) is 0 Å². The summed E-state index contributed by atoms with van der Waals surface area (Å²) in [6, 6.07) is 6.06. The fourth-order valence-corrected chi connectivity index (χ4v) is 4.98. The van der Waals surface area contributed by atoms with Crippen LogP contribution in [-0.4, -0.2) is 28.7 Å². The Labute approximate surface area is 149 Å². The first-order valence-corrected chi connectivity index (χ1v) is 9.59. The Morgan fingerprint density at radius 1 is 1.28 bits per heavy atom. The van der Waals surface area contributed by atoms with Crippen LogP contribution in [0.5, 0.6) is 0 Å². The van der Waals surface area contributed by atoms with Gasteiger partial charge in [0.25, 0.3) is 5.91 Å². The van der Waals surface area contributed by atoms with E-state index >= 15 is 0 Å². The molecule has 0 atom stereocenters. The van der Waals surface area contributed by atoms with Gasteiger partial charge < -0.3 is 15.0 Å². The summed E-state index contributed by atoms with van der Waals surface area (Å²) < 4.78 is 2.00. The number of rotatable bonds is 5. The van der Waals surface area contributed by atoms with Gasteiger partial charge in [-0.1, -0.05) is 18.2 Å². The van der Waals surface area contributed by atoms with Crippen molar-refractivity contribution in [2.75, 3.05) is 13.2 Å². The number of aliphatic hydroxyl groups excluding tert-OH is 1. The number of aryl methyl sites for hydroxylation is 1. The molecule has 3 aliphatic carbocycles. The number of para-hydroxylation sites is 1. The van der Waals surface area contributed by atoms with Crippen LogP contribution in [0.25, 0.3) is 10.9 Å². The molecular weight excluding hydrogens is 312 g/mol. The van der Waals surface area contributed by atoms with Gasteiger partial charge in [-0.05, 0) is 62.3 Å². The molecular formula is C21H28N2O2. The van der Waals surface area contributed by atoms with Crippen LogP contribution in [0.15, 0.2) is 24.4 Å². The van der Waals surface area contributed by atoms with Crippen molar-refractivity contribution in [3.8, 4) is 0 Å². The molecule has 1 aromatic carbocycles. The molecule has 0 radical (unpaired) electrons. The topological polar surface area (TPSA) is 54.3 Å². The summed E-state index contributed by atoms with van der Waals surface area (Å²) in [4.78, 5) is 12.9. The zero-order chi connectivity index (χ0) is 17.4. The number of aliphatic hydroxyl groups is 1. The van der Waals surface area contributed by atoms with Crippen LogP contribution < -0.4 is 5.32 Å². The second-order valence-corrected chi connectivity index (χ2v) is 8.10. The zero-order valence-electron chi connectivity index (χ0n) is 15.1. The lowest BCUT2D eigenvalue weighted by atomic mass is 9.61. The van der Waals surface area contributed by atoms with Gasteiger partial charge in [-0.3, -0.25) is 4.79 Å². The van der Waals surface area contributed by atoms with E-state index in [4.69, 9.17) is 0 Å². The summed E-state index contributed by atoms with van der Waals surface area (Å²) in [5, 5.41) is 13.6. The smallest absolute Gasteiger partial charge is 0.253 e. The number of amides is 1. The minimum absolute atomic E-state index is 0.0226. The molecule has 0 saturated heterocycles. The average molecular weight is 340 g/mol. The lowest BCUT2D eigenvalue weighted by Crippen LogP contribution is -2.43. The molecule has 0 aliphatic heterocycles. The van der Waals surface area contributed by atoms with Gasteiger partial charge in [0.1, 0.15) is 0 Å². The van der Waals surface area contributed by atoms with E-state index in [0.717, 1.165) is 34.5 Å². The minimum Gasteiger partial charge on any atom is -0.395 e. The average Bonchev–Trinajstić information content (AvgIpc) is 3.02. The van der Waals surface area contributed by atoms with Crippen molar-refractivity contribution in [3.05, 3.63) is 35.5 Å². The van der Waals surface area contributed by atoms with E-state index in [2.05, 4.69) is 18.3 Å². The molecule has 4 heteroatoms. The first-order chi connectivity index (χ1) is 12.1. The quantitative estimate of drug-likeness (QED) is 0.873. The van der Waals surface area contributed by atoms with Gasteiger partial charge in [-0.25, -0.2) is 0 Å². The van der Waals surface area contributed by atoms with Crippen LogP contribution in [0.2, 0.25) is 0 Å². The summed E-state index contributed by atoms with van der Waals surface area (Å²) >= 11 is 0. The van der Waals surface area contributed by atoms with Crippen LogP contribution in [0.4, 0.5) is 0 Å². The van der Waals surface area contributed by atoms with Gasteiger partial charge in [-0.15, -0.1) is 0 Å². The number of nitrogens with zero attached hydrogens (tertiary/aromatic N) is 1. The van der Waals surface area contributed by atoms with Gasteiger partial charge in [-0.2, -0.15) is 0 Å². The molecule has 4 nitrogen and oxygen atoms in total. The highest BCUT2D eigenvalue weighted by Crippen LogP contribution is 2.49. The van der Waals surface area contributed by atoms with Crippen LogP contribution in [-0.2, 0) is 6.54 Å². The Morgan fingerprint density at radius 3 is 2.68 bits per heavy atom. The van der Waals surface area contributed by atoms with Crippen LogP contribution >= 0.6 is 0 Å². The Morgan fingerprint density at radius 2 is 2.00 bits per heavy atom. The molecule has 134 valence electrons. The molecule has 1 amide bonds. The molecule has 5 rings (SSSR count). The predicted octanol–water partition coefficient (Wildman–Crippen LogP) is 3.64. The molecule has 3 saturated carbocycles. The molecule has 2 aromatic rings. The first kappa shape index (κ1) is 16.6. The highest BCUT2D eigenvalue weighted by Gasteiger charge is 2.40. The highest BCUT2D eigenvalue weighted by atomic mass is 16.3. The number of hydrogen-bond acceptors (Lipinski definition) is 2. The molecule has 2 bridgehead atoms. The molecule has 2 N–H and O–H groups in total. The van der Waals surface area contributed by atoms with E-state index < -0.39 is 0 Å². The minimum atomic E-state index is 0.0226.